The fraction of sp³-hybridized carbons (Fsp3) is 0.500. The summed E-state index contributed by atoms with van der Waals surface area (Å²) in [6.45, 7) is 2.51. The van der Waals surface area contributed by atoms with E-state index in [1.807, 2.05) is 0 Å². The summed E-state index contributed by atoms with van der Waals surface area (Å²) < 4.78 is 0. The molecule has 3 N–H and O–H groups in total. The Hall–Kier alpha value is -1.73. The maximum atomic E-state index is 10.8. The van der Waals surface area contributed by atoms with Crippen LogP contribution < -0.4 is 5.32 Å². The third-order valence-corrected chi connectivity index (χ3v) is 2.32. The van der Waals surface area contributed by atoms with Gasteiger partial charge in [-0.05, 0) is 19.4 Å². The molecule has 0 bridgehead atoms. The van der Waals surface area contributed by atoms with E-state index in [-0.39, 0.29) is 24.7 Å². The average molecular weight is 241 g/mol. The van der Waals surface area contributed by atoms with E-state index in [4.69, 9.17) is 10.2 Å². The first kappa shape index (κ1) is 13.3. The van der Waals surface area contributed by atoms with Crippen LogP contribution in [0.1, 0.15) is 12.5 Å². The highest BCUT2D eigenvalue weighted by Gasteiger charge is 2.26. The number of rotatable bonds is 5. The smallest absolute Gasteiger partial charge is 0.311 e. The minimum Gasteiger partial charge on any atom is -0.394 e. The summed E-state index contributed by atoms with van der Waals surface area (Å²) in [6, 6.07) is 1.38. The Morgan fingerprint density at radius 2 is 2.12 bits per heavy atom. The van der Waals surface area contributed by atoms with Crippen LogP contribution in [-0.2, 0) is 0 Å². The first-order chi connectivity index (χ1) is 7.91. The summed E-state index contributed by atoms with van der Waals surface area (Å²) in [6.07, 6.45) is 1.48. The largest absolute Gasteiger partial charge is 0.394 e. The number of hydrogen-bond donors (Lipinski definition) is 3. The van der Waals surface area contributed by atoms with Gasteiger partial charge in [-0.3, -0.25) is 10.1 Å². The molecule has 0 fully saturated rings. The third-order valence-electron chi connectivity index (χ3n) is 2.32. The molecule has 0 aliphatic carbocycles. The number of nitrogens with one attached hydrogen (secondary N) is 1. The van der Waals surface area contributed by atoms with Crippen LogP contribution in [0.25, 0.3) is 0 Å². The van der Waals surface area contributed by atoms with Gasteiger partial charge in [0.2, 0.25) is 5.82 Å². The van der Waals surface area contributed by atoms with E-state index in [9.17, 15) is 10.1 Å². The average Bonchev–Trinajstić information content (AvgIpc) is 2.31. The van der Waals surface area contributed by atoms with E-state index in [2.05, 4.69) is 10.3 Å². The summed E-state index contributed by atoms with van der Waals surface area (Å²) >= 11 is 0. The van der Waals surface area contributed by atoms with Crippen molar-refractivity contribution >= 4 is 11.5 Å². The minimum absolute atomic E-state index is 0.0335. The summed E-state index contributed by atoms with van der Waals surface area (Å²) in [5, 5.41) is 31.7. The van der Waals surface area contributed by atoms with Crippen molar-refractivity contribution in [3.05, 3.63) is 27.9 Å². The lowest BCUT2D eigenvalue weighted by atomic mass is 10.1. The van der Waals surface area contributed by atoms with Gasteiger partial charge in [0.05, 0.1) is 23.7 Å². The first-order valence-corrected chi connectivity index (χ1v) is 5.03. The number of aliphatic hydroxyl groups is 2. The van der Waals surface area contributed by atoms with E-state index < -0.39 is 10.5 Å². The second-order valence-electron chi connectivity index (χ2n) is 4.14. The summed E-state index contributed by atoms with van der Waals surface area (Å²) in [4.78, 5) is 14.2. The third kappa shape index (κ3) is 3.11. The Kier molecular flexibility index (Phi) is 3.97. The lowest BCUT2D eigenvalue weighted by Gasteiger charge is -2.26. The second kappa shape index (κ2) is 5.07. The highest BCUT2D eigenvalue weighted by Crippen LogP contribution is 2.25. The number of anilines is 1. The van der Waals surface area contributed by atoms with Crippen molar-refractivity contribution in [1.29, 1.82) is 0 Å². The fourth-order valence-electron chi connectivity index (χ4n) is 1.20. The molecule has 0 radical (unpaired) electrons. The van der Waals surface area contributed by atoms with Crippen LogP contribution in [0.15, 0.2) is 12.3 Å². The van der Waals surface area contributed by atoms with Crippen molar-refractivity contribution in [3.63, 3.8) is 0 Å². The molecular weight excluding hydrogens is 226 g/mol. The molecule has 94 valence electrons. The molecule has 0 unspecified atom stereocenters. The predicted octanol–water partition coefficient (Wildman–Crippen LogP) is 0.453. The van der Waals surface area contributed by atoms with Gasteiger partial charge in [0, 0.05) is 12.3 Å². The molecule has 1 heterocycles. The number of aromatic nitrogens is 1. The number of pyridine rings is 1. The lowest BCUT2D eigenvalue weighted by molar-refractivity contribution is -0.384. The molecular formula is C10H15N3O4. The second-order valence-corrected chi connectivity index (χ2v) is 4.14. The van der Waals surface area contributed by atoms with Crippen LogP contribution in [-0.4, -0.2) is 38.9 Å². The monoisotopic (exact) mass is 241 g/mol. The molecule has 17 heavy (non-hydrogen) atoms. The normalized spacial score (nSPS) is 11.3. The van der Waals surface area contributed by atoms with Crippen molar-refractivity contribution in [2.75, 3.05) is 18.5 Å². The molecule has 0 saturated heterocycles. The Labute approximate surface area is 98.3 Å². The maximum Gasteiger partial charge on any atom is 0.311 e. The van der Waals surface area contributed by atoms with Crippen molar-refractivity contribution < 1.29 is 15.1 Å². The predicted molar refractivity (Wildman–Crippen MR) is 61.8 cm³/mol. The topological polar surface area (TPSA) is 109 Å². The summed E-state index contributed by atoms with van der Waals surface area (Å²) in [5.74, 6) is 0.0335. The number of aryl methyl sites for hydroxylation is 1. The first-order valence-electron chi connectivity index (χ1n) is 5.03. The van der Waals surface area contributed by atoms with Crippen molar-refractivity contribution in [1.82, 2.24) is 4.98 Å². The lowest BCUT2D eigenvalue weighted by Crippen LogP contribution is -2.43. The van der Waals surface area contributed by atoms with E-state index in [0.29, 0.717) is 5.56 Å². The van der Waals surface area contributed by atoms with Gasteiger partial charge >= 0.3 is 5.69 Å². The van der Waals surface area contributed by atoms with Crippen LogP contribution in [0.2, 0.25) is 0 Å². The van der Waals surface area contributed by atoms with Gasteiger partial charge in [0.1, 0.15) is 0 Å². The molecule has 1 aromatic rings. The zero-order chi connectivity index (χ0) is 13.1. The fourth-order valence-corrected chi connectivity index (χ4v) is 1.20. The zero-order valence-electron chi connectivity index (χ0n) is 9.67. The molecule has 0 atom stereocenters. The Balaban J connectivity index is 3.10. The van der Waals surface area contributed by atoms with E-state index in [1.165, 1.54) is 19.2 Å². The molecule has 1 rings (SSSR count). The minimum atomic E-state index is -1.05. The van der Waals surface area contributed by atoms with Gasteiger partial charge in [-0.1, -0.05) is 0 Å². The quantitative estimate of drug-likeness (QED) is 0.510. The number of aliphatic hydroxyl groups excluding tert-OH is 2. The van der Waals surface area contributed by atoms with Crippen LogP contribution in [0.4, 0.5) is 11.5 Å². The van der Waals surface area contributed by atoms with Gasteiger partial charge in [0.15, 0.2) is 0 Å². The molecule has 0 spiro atoms. The van der Waals surface area contributed by atoms with E-state index >= 15 is 0 Å². The van der Waals surface area contributed by atoms with Crippen molar-refractivity contribution in [2.24, 2.45) is 0 Å². The highest BCUT2D eigenvalue weighted by atomic mass is 16.6. The van der Waals surface area contributed by atoms with E-state index in [1.54, 1.807) is 6.92 Å². The zero-order valence-corrected chi connectivity index (χ0v) is 9.67. The Morgan fingerprint density at radius 3 is 2.59 bits per heavy atom. The van der Waals surface area contributed by atoms with Crippen LogP contribution in [0, 0.1) is 17.0 Å². The van der Waals surface area contributed by atoms with Crippen LogP contribution in [0.5, 0.6) is 0 Å². The van der Waals surface area contributed by atoms with Crippen LogP contribution >= 0.6 is 0 Å². The number of hydrogen-bond acceptors (Lipinski definition) is 6. The molecule has 7 heteroatoms. The molecule has 0 saturated carbocycles. The van der Waals surface area contributed by atoms with Gasteiger partial charge in [-0.25, -0.2) is 4.98 Å². The molecule has 7 nitrogen and oxygen atoms in total. The maximum absolute atomic E-state index is 10.8. The molecule has 0 aliphatic rings. The molecule has 1 aromatic heterocycles. The van der Waals surface area contributed by atoms with E-state index in [0.717, 1.165) is 0 Å². The Morgan fingerprint density at radius 1 is 1.53 bits per heavy atom. The Bertz CT molecular complexity index is 418. The highest BCUT2D eigenvalue weighted by molar-refractivity contribution is 5.57. The summed E-state index contributed by atoms with van der Waals surface area (Å²) in [5.41, 5.74) is -0.567. The van der Waals surface area contributed by atoms with Gasteiger partial charge in [0.25, 0.3) is 0 Å². The standard InChI is InChI=1S/C10H15N3O4/c1-7-3-8(13(16)17)9(11-4-7)12-10(2,5-14)6-15/h3-4,14-15H,5-6H2,1-2H3,(H,11,12). The number of nitrogens with zero attached hydrogens (tertiary/aromatic N) is 2. The molecule has 0 amide bonds. The van der Waals surface area contributed by atoms with Crippen molar-refractivity contribution in [3.8, 4) is 0 Å². The van der Waals surface area contributed by atoms with Crippen LogP contribution in [0.3, 0.4) is 0 Å². The molecule has 0 aliphatic heterocycles. The van der Waals surface area contributed by atoms with Gasteiger partial charge < -0.3 is 15.5 Å². The molecule has 0 aromatic carbocycles. The van der Waals surface area contributed by atoms with Gasteiger partial charge in [-0.15, -0.1) is 0 Å². The summed E-state index contributed by atoms with van der Waals surface area (Å²) in [7, 11) is 0. The number of nitro groups is 1. The van der Waals surface area contributed by atoms with Crippen molar-refractivity contribution in [2.45, 2.75) is 19.4 Å². The SMILES string of the molecule is Cc1cnc(NC(C)(CO)CO)c([N+](=O)[O-])c1. The van der Waals surface area contributed by atoms with Gasteiger partial charge in [-0.2, -0.15) is 0 Å².